The smallest absolute Gasteiger partial charge is 0.124 e. The summed E-state index contributed by atoms with van der Waals surface area (Å²) in [5, 5.41) is 37.0. The van der Waals surface area contributed by atoms with Gasteiger partial charge in [0.25, 0.3) is 0 Å². The van der Waals surface area contributed by atoms with Crippen molar-refractivity contribution in [3.05, 3.63) is 145 Å². The monoisotopic (exact) mass is 734 g/mol. The Bertz CT molecular complexity index is 2510. The number of aliphatic hydroxyl groups is 1. The summed E-state index contributed by atoms with van der Waals surface area (Å²) >= 11 is 3.39. The van der Waals surface area contributed by atoms with Crippen molar-refractivity contribution in [3.63, 3.8) is 0 Å². The maximum atomic E-state index is 9.27. The third kappa shape index (κ3) is 9.21. The second kappa shape index (κ2) is 16.5. The number of ether oxygens (including phenoxy) is 1. The van der Waals surface area contributed by atoms with Crippen LogP contribution in [0, 0.1) is 13.8 Å². The number of benzene rings is 6. The van der Waals surface area contributed by atoms with Crippen molar-refractivity contribution in [1.29, 1.82) is 0 Å². The summed E-state index contributed by atoms with van der Waals surface area (Å²) in [4.78, 5) is 9.41. The zero-order valence-corrected chi connectivity index (χ0v) is 30.6. The molecule has 0 atom stereocenters. The molecular formula is C42H34N6O3S2. The molecule has 8 rings (SSSR count). The quantitative estimate of drug-likeness (QED) is 0.143. The number of hydrogen-bond acceptors (Lipinski definition) is 11. The summed E-state index contributed by atoms with van der Waals surface area (Å²) in [7, 11) is 0. The summed E-state index contributed by atoms with van der Waals surface area (Å²) in [5.41, 5.74) is 9.67. The van der Waals surface area contributed by atoms with E-state index in [0.29, 0.717) is 11.4 Å². The van der Waals surface area contributed by atoms with Crippen molar-refractivity contribution in [2.45, 2.75) is 13.8 Å². The number of aliphatic hydroxyl groups excluding tert-OH is 1. The molecule has 0 radical (unpaired) electrons. The van der Waals surface area contributed by atoms with E-state index in [4.69, 9.17) is 19.8 Å². The molecule has 0 unspecified atom stereocenters. The molecule has 11 heteroatoms. The standard InChI is InChI=1S/C22H19N3O2S.C20H15N3OS/c1-15-2-11-20-21(14-15)28-22(23-20)16-3-5-17(6-4-16)24-25-18-7-9-19(10-8-18)27-13-12-26;1-13-2-11-18-19(12-13)25-20(21-18)14-3-5-15(6-4-14)22-23-16-7-9-17(24)10-8-16/h2-11,14,26H,12-13H2,1H3;2-12,24H,1H3. The van der Waals surface area contributed by atoms with Crippen LogP contribution in [0.15, 0.2) is 154 Å². The average molecular weight is 735 g/mol. The Hall–Kier alpha value is -6.14. The predicted molar refractivity (Wildman–Crippen MR) is 215 cm³/mol. The highest BCUT2D eigenvalue weighted by atomic mass is 32.1. The van der Waals surface area contributed by atoms with Gasteiger partial charge >= 0.3 is 0 Å². The summed E-state index contributed by atoms with van der Waals surface area (Å²) in [5.74, 6) is 0.915. The summed E-state index contributed by atoms with van der Waals surface area (Å²) in [6.07, 6.45) is 0. The Morgan fingerprint density at radius 2 is 0.925 bits per heavy atom. The second-order valence-corrected chi connectivity index (χ2v) is 14.1. The molecule has 0 saturated heterocycles. The van der Waals surface area contributed by atoms with Crippen LogP contribution in [-0.4, -0.2) is 33.4 Å². The molecule has 2 N–H and O–H groups in total. The summed E-state index contributed by atoms with van der Waals surface area (Å²) in [6.45, 7) is 4.46. The lowest BCUT2D eigenvalue weighted by molar-refractivity contribution is 0.201. The minimum atomic E-state index is -0.00584. The molecule has 0 aliphatic rings. The van der Waals surface area contributed by atoms with Gasteiger partial charge in [-0.05, 0) is 146 Å². The SMILES string of the molecule is Cc1ccc2nc(-c3ccc(N=Nc4ccc(O)cc4)cc3)sc2c1.Cc1ccc2nc(-c3ccc(N=Nc4ccc(OCCO)cc4)cc3)sc2c1. The van der Waals surface area contributed by atoms with Gasteiger partial charge in [-0.1, -0.05) is 12.1 Å². The highest BCUT2D eigenvalue weighted by Crippen LogP contribution is 2.33. The van der Waals surface area contributed by atoms with Crippen LogP contribution in [0.2, 0.25) is 0 Å². The Morgan fingerprint density at radius 3 is 1.34 bits per heavy atom. The molecule has 8 aromatic rings. The molecule has 0 bridgehead atoms. The lowest BCUT2D eigenvalue weighted by Gasteiger charge is -2.03. The number of fused-ring (bicyclic) bond motifs is 2. The van der Waals surface area contributed by atoms with Crippen molar-refractivity contribution >= 4 is 65.9 Å². The number of aromatic hydroxyl groups is 1. The first kappa shape index (κ1) is 35.3. The first-order valence-electron chi connectivity index (χ1n) is 16.8. The molecule has 0 amide bonds. The van der Waals surface area contributed by atoms with Gasteiger partial charge in [0.2, 0.25) is 0 Å². The fourth-order valence-electron chi connectivity index (χ4n) is 5.17. The van der Waals surface area contributed by atoms with Crippen LogP contribution in [0.1, 0.15) is 11.1 Å². The van der Waals surface area contributed by atoms with Gasteiger partial charge in [-0.25, -0.2) is 9.97 Å². The van der Waals surface area contributed by atoms with Gasteiger partial charge in [-0.3, -0.25) is 0 Å². The number of aryl methyl sites for hydroxylation is 2. The van der Waals surface area contributed by atoms with Crippen LogP contribution in [0.25, 0.3) is 41.6 Å². The topological polar surface area (TPSA) is 125 Å². The van der Waals surface area contributed by atoms with E-state index in [0.717, 1.165) is 49.2 Å². The highest BCUT2D eigenvalue weighted by molar-refractivity contribution is 7.22. The normalized spacial score (nSPS) is 11.4. The molecule has 0 spiro atoms. The van der Waals surface area contributed by atoms with Crippen molar-refractivity contribution in [1.82, 2.24) is 9.97 Å². The van der Waals surface area contributed by atoms with E-state index in [1.54, 1.807) is 46.9 Å². The number of phenols is 1. The molecule has 6 aromatic carbocycles. The van der Waals surface area contributed by atoms with Crippen LogP contribution in [0.5, 0.6) is 11.5 Å². The van der Waals surface area contributed by atoms with E-state index >= 15 is 0 Å². The van der Waals surface area contributed by atoms with Crippen LogP contribution in [-0.2, 0) is 0 Å². The number of phenolic OH excluding ortho intramolecular Hbond substituents is 1. The van der Waals surface area contributed by atoms with Crippen LogP contribution in [0.3, 0.4) is 0 Å². The van der Waals surface area contributed by atoms with Gasteiger partial charge in [-0.2, -0.15) is 20.5 Å². The highest BCUT2D eigenvalue weighted by Gasteiger charge is 2.08. The summed E-state index contributed by atoms with van der Waals surface area (Å²) in [6, 6.07) is 42.3. The maximum Gasteiger partial charge on any atom is 0.124 e. The maximum absolute atomic E-state index is 9.27. The third-order valence-electron chi connectivity index (χ3n) is 7.92. The van der Waals surface area contributed by atoms with E-state index in [1.165, 1.54) is 20.5 Å². The number of thiazole rings is 2. The molecule has 0 saturated carbocycles. The predicted octanol–water partition coefficient (Wildman–Crippen LogP) is 12.5. The zero-order chi connectivity index (χ0) is 36.6. The molecule has 262 valence electrons. The van der Waals surface area contributed by atoms with E-state index in [1.807, 2.05) is 72.8 Å². The number of nitrogens with zero attached hydrogens (tertiary/aromatic N) is 6. The zero-order valence-electron chi connectivity index (χ0n) is 28.9. The number of hydrogen-bond donors (Lipinski definition) is 2. The van der Waals surface area contributed by atoms with E-state index in [2.05, 4.69) is 70.7 Å². The van der Waals surface area contributed by atoms with Gasteiger partial charge in [0.1, 0.15) is 28.1 Å². The molecule has 0 fully saturated rings. The minimum absolute atomic E-state index is 0.00584. The van der Waals surface area contributed by atoms with Gasteiger partial charge in [0.05, 0.1) is 49.8 Å². The molecule has 9 nitrogen and oxygen atoms in total. The average Bonchev–Trinajstić information content (AvgIpc) is 3.81. The number of rotatable bonds is 9. The van der Waals surface area contributed by atoms with Crippen LogP contribution >= 0.6 is 22.7 Å². The fourth-order valence-corrected chi connectivity index (χ4v) is 7.31. The molecule has 0 aliphatic carbocycles. The number of aromatic nitrogens is 2. The van der Waals surface area contributed by atoms with E-state index in [9.17, 15) is 5.11 Å². The largest absolute Gasteiger partial charge is 0.508 e. The Balaban J connectivity index is 0.000000165. The third-order valence-corrected chi connectivity index (χ3v) is 10.1. The van der Waals surface area contributed by atoms with Crippen LogP contribution < -0.4 is 4.74 Å². The Morgan fingerprint density at radius 1 is 0.528 bits per heavy atom. The second-order valence-electron chi connectivity index (χ2n) is 12.1. The van der Waals surface area contributed by atoms with Crippen molar-refractivity contribution in [2.75, 3.05) is 13.2 Å². The lowest BCUT2D eigenvalue weighted by Crippen LogP contribution is -2.00. The van der Waals surface area contributed by atoms with Gasteiger partial charge < -0.3 is 14.9 Å². The van der Waals surface area contributed by atoms with Gasteiger partial charge in [-0.15, -0.1) is 22.7 Å². The van der Waals surface area contributed by atoms with Gasteiger partial charge in [0, 0.05) is 11.1 Å². The van der Waals surface area contributed by atoms with Crippen LogP contribution in [0.4, 0.5) is 22.7 Å². The molecule has 2 heterocycles. The first-order chi connectivity index (χ1) is 25.9. The van der Waals surface area contributed by atoms with E-state index < -0.39 is 0 Å². The molecular weight excluding hydrogens is 701 g/mol. The molecule has 0 aliphatic heterocycles. The lowest BCUT2D eigenvalue weighted by atomic mass is 10.2. The van der Waals surface area contributed by atoms with Gasteiger partial charge in [0.15, 0.2) is 0 Å². The van der Waals surface area contributed by atoms with Crippen molar-refractivity contribution in [2.24, 2.45) is 20.5 Å². The van der Waals surface area contributed by atoms with Crippen molar-refractivity contribution in [3.8, 4) is 32.6 Å². The van der Waals surface area contributed by atoms with Crippen molar-refractivity contribution < 1.29 is 14.9 Å². The Kier molecular flexibility index (Phi) is 11.0. The molecule has 2 aromatic heterocycles. The Labute approximate surface area is 314 Å². The first-order valence-corrected chi connectivity index (χ1v) is 18.4. The molecule has 53 heavy (non-hydrogen) atoms. The minimum Gasteiger partial charge on any atom is -0.508 e. The summed E-state index contributed by atoms with van der Waals surface area (Å²) < 4.78 is 7.73. The fraction of sp³-hybridized carbons (Fsp3) is 0.0952. The number of azo groups is 2. The van der Waals surface area contributed by atoms with E-state index in [-0.39, 0.29) is 19.0 Å².